The Hall–Kier alpha value is -2.51. The van der Waals surface area contributed by atoms with Crippen molar-refractivity contribution in [2.75, 3.05) is 19.0 Å². The van der Waals surface area contributed by atoms with Crippen molar-refractivity contribution >= 4 is 29.1 Å². The molecular formula is C20H18ClN3O3S. The van der Waals surface area contributed by atoms with Gasteiger partial charge in [0.2, 0.25) is 0 Å². The molecule has 28 heavy (non-hydrogen) atoms. The van der Waals surface area contributed by atoms with E-state index in [0.29, 0.717) is 47.0 Å². The second-order valence-corrected chi connectivity index (χ2v) is 7.51. The smallest absolute Gasteiger partial charge is 0.191 e. The normalized spacial score (nSPS) is 12.8. The van der Waals surface area contributed by atoms with Gasteiger partial charge in [0.1, 0.15) is 13.2 Å². The third-order valence-electron chi connectivity index (χ3n) is 4.31. The Kier molecular flexibility index (Phi) is 5.54. The summed E-state index contributed by atoms with van der Waals surface area (Å²) in [5, 5.41) is 9.90. The first-order valence-electron chi connectivity index (χ1n) is 8.90. The number of carbonyl (C=O) groups excluding carboxylic acids is 1. The molecule has 0 atom stereocenters. The highest BCUT2D eigenvalue weighted by molar-refractivity contribution is 7.99. The highest BCUT2D eigenvalue weighted by Crippen LogP contribution is 2.32. The van der Waals surface area contributed by atoms with Crippen LogP contribution in [0, 0.1) is 0 Å². The van der Waals surface area contributed by atoms with Crippen molar-refractivity contribution in [3.8, 4) is 22.9 Å². The third kappa shape index (κ3) is 3.86. The predicted octanol–water partition coefficient (Wildman–Crippen LogP) is 4.36. The summed E-state index contributed by atoms with van der Waals surface area (Å²) in [6.07, 6.45) is 0. The second kappa shape index (κ2) is 8.24. The molecule has 0 fully saturated rings. The molecule has 1 aliphatic rings. The molecule has 8 heteroatoms. The van der Waals surface area contributed by atoms with Crippen molar-refractivity contribution in [3.63, 3.8) is 0 Å². The molecule has 0 saturated carbocycles. The van der Waals surface area contributed by atoms with E-state index in [2.05, 4.69) is 10.2 Å². The fourth-order valence-electron chi connectivity index (χ4n) is 2.95. The molecule has 6 nitrogen and oxygen atoms in total. The molecule has 1 aromatic heterocycles. The van der Waals surface area contributed by atoms with Crippen LogP contribution in [0.2, 0.25) is 5.02 Å². The lowest BCUT2D eigenvalue weighted by atomic mass is 10.1. The maximum atomic E-state index is 12.6. The maximum Gasteiger partial charge on any atom is 0.191 e. The maximum absolute atomic E-state index is 12.6. The molecule has 2 aromatic carbocycles. The van der Waals surface area contributed by atoms with Crippen molar-refractivity contribution < 1.29 is 14.3 Å². The van der Waals surface area contributed by atoms with Crippen molar-refractivity contribution in [1.82, 2.24) is 14.8 Å². The number of benzene rings is 2. The lowest BCUT2D eigenvalue weighted by Crippen LogP contribution is -2.16. The van der Waals surface area contributed by atoms with Gasteiger partial charge in [-0.25, -0.2) is 0 Å². The van der Waals surface area contributed by atoms with Gasteiger partial charge in [0, 0.05) is 22.7 Å². The van der Waals surface area contributed by atoms with Gasteiger partial charge in [-0.3, -0.25) is 4.79 Å². The highest BCUT2D eigenvalue weighted by atomic mass is 35.5. The van der Waals surface area contributed by atoms with Gasteiger partial charge in [-0.2, -0.15) is 0 Å². The summed E-state index contributed by atoms with van der Waals surface area (Å²) < 4.78 is 13.0. The van der Waals surface area contributed by atoms with Crippen molar-refractivity contribution in [1.29, 1.82) is 0 Å². The number of ketones is 1. The Labute approximate surface area is 171 Å². The van der Waals surface area contributed by atoms with Crippen molar-refractivity contribution in [3.05, 3.63) is 53.1 Å². The highest BCUT2D eigenvalue weighted by Gasteiger charge is 2.18. The number of nitrogens with zero attached hydrogens (tertiary/aromatic N) is 3. The van der Waals surface area contributed by atoms with E-state index in [0.717, 1.165) is 11.4 Å². The Morgan fingerprint density at radius 2 is 1.96 bits per heavy atom. The summed E-state index contributed by atoms with van der Waals surface area (Å²) in [6.45, 7) is 3.72. The van der Waals surface area contributed by atoms with E-state index in [9.17, 15) is 4.79 Å². The van der Waals surface area contributed by atoms with Gasteiger partial charge >= 0.3 is 0 Å². The summed E-state index contributed by atoms with van der Waals surface area (Å²) >= 11 is 7.46. The molecule has 144 valence electrons. The molecule has 0 aliphatic carbocycles. The Morgan fingerprint density at radius 3 is 2.75 bits per heavy atom. The number of halogens is 1. The quantitative estimate of drug-likeness (QED) is 0.440. The molecule has 0 amide bonds. The van der Waals surface area contributed by atoms with Crippen LogP contribution < -0.4 is 9.47 Å². The number of ether oxygens (including phenoxy) is 2. The van der Waals surface area contributed by atoms with E-state index in [1.54, 1.807) is 18.2 Å². The summed E-state index contributed by atoms with van der Waals surface area (Å²) in [5.74, 6) is 2.28. The largest absolute Gasteiger partial charge is 0.486 e. The SMILES string of the molecule is CCn1c(SCC(=O)c2ccc3c(c2)OCCO3)nnc1-c1cccc(Cl)c1. The number of thioether (sulfide) groups is 1. The lowest BCUT2D eigenvalue weighted by Gasteiger charge is -2.18. The lowest BCUT2D eigenvalue weighted by molar-refractivity contribution is 0.102. The number of hydrogen-bond donors (Lipinski definition) is 0. The monoisotopic (exact) mass is 415 g/mol. The van der Waals surface area contributed by atoms with Crippen LogP contribution in [0.4, 0.5) is 0 Å². The molecule has 0 saturated heterocycles. The number of Topliss-reactive ketones (excluding diaryl/α,β-unsaturated/α-hetero) is 1. The summed E-state index contributed by atoms with van der Waals surface area (Å²) in [6, 6.07) is 12.8. The zero-order valence-corrected chi connectivity index (χ0v) is 16.8. The summed E-state index contributed by atoms with van der Waals surface area (Å²) in [5.41, 5.74) is 1.49. The Balaban J connectivity index is 1.50. The van der Waals surface area contributed by atoms with Gasteiger partial charge in [0.05, 0.1) is 5.75 Å². The number of rotatable bonds is 6. The van der Waals surface area contributed by atoms with Gasteiger partial charge in [-0.15, -0.1) is 10.2 Å². The van der Waals surface area contributed by atoms with E-state index in [1.165, 1.54) is 11.8 Å². The Bertz CT molecular complexity index is 1020. The number of carbonyl (C=O) groups is 1. The van der Waals surface area contributed by atoms with Crippen LogP contribution >= 0.6 is 23.4 Å². The second-order valence-electron chi connectivity index (χ2n) is 6.13. The molecule has 2 heterocycles. The average Bonchev–Trinajstić information content (AvgIpc) is 3.14. The van der Waals surface area contributed by atoms with Crippen LogP contribution in [-0.2, 0) is 6.54 Å². The van der Waals surface area contributed by atoms with Crippen LogP contribution in [-0.4, -0.2) is 39.5 Å². The Morgan fingerprint density at radius 1 is 1.14 bits per heavy atom. The van der Waals surface area contributed by atoms with Crippen LogP contribution in [0.15, 0.2) is 47.6 Å². The third-order valence-corrected chi connectivity index (χ3v) is 5.51. The predicted molar refractivity (Wildman–Crippen MR) is 109 cm³/mol. The first-order chi connectivity index (χ1) is 13.7. The van der Waals surface area contributed by atoms with Crippen LogP contribution in [0.25, 0.3) is 11.4 Å². The molecule has 0 spiro atoms. The molecule has 3 aromatic rings. The number of aromatic nitrogens is 3. The van der Waals surface area contributed by atoms with Crippen molar-refractivity contribution in [2.45, 2.75) is 18.6 Å². The molecular weight excluding hydrogens is 398 g/mol. The first kappa shape index (κ1) is 18.8. The molecule has 4 rings (SSSR count). The van der Waals surface area contributed by atoms with E-state index < -0.39 is 0 Å². The van der Waals surface area contributed by atoms with Crippen LogP contribution in [0.1, 0.15) is 17.3 Å². The zero-order chi connectivity index (χ0) is 19.5. The van der Waals surface area contributed by atoms with Crippen LogP contribution in [0.3, 0.4) is 0 Å². The van der Waals surface area contributed by atoms with Gasteiger partial charge in [0.25, 0.3) is 0 Å². The number of fused-ring (bicyclic) bond motifs is 1. The van der Waals surface area contributed by atoms with Gasteiger partial charge in [0.15, 0.2) is 28.3 Å². The van der Waals surface area contributed by atoms with E-state index in [4.69, 9.17) is 21.1 Å². The fraction of sp³-hybridized carbons (Fsp3) is 0.250. The summed E-state index contributed by atoms with van der Waals surface area (Å²) in [4.78, 5) is 12.6. The minimum Gasteiger partial charge on any atom is -0.486 e. The van der Waals surface area contributed by atoms with Gasteiger partial charge < -0.3 is 14.0 Å². The van der Waals surface area contributed by atoms with E-state index >= 15 is 0 Å². The minimum absolute atomic E-state index is 0.00284. The molecule has 0 unspecified atom stereocenters. The van der Waals surface area contributed by atoms with Crippen LogP contribution in [0.5, 0.6) is 11.5 Å². The minimum atomic E-state index is -0.00284. The van der Waals surface area contributed by atoms with Crippen molar-refractivity contribution in [2.24, 2.45) is 0 Å². The molecule has 1 aliphatic heterocycles. The zero-order valence-electron chi connectivity index (χ0n) is 15.2. The summed E-state index contributed by atoms with van der Waals surface area (Å²) in [7, 11) is 0. The standard InChI is InChI=1S/C20H18ClN3O3S/c1-2-24-19(14-4-3-5-15(21)10-14)22-23-20(24)28-12-16(25)13-6-7-17-18(11-13)27-9-8-26-17/h3-7,10-11H,2,8-9,12H2,1H3. The van der Waals surface area contributed by atoms with Gasteiger partial charge in [-0.05, 0) is 37.3 Å². The van der Waals surface area contributed by atoms with E-state index in [1.807, 2.05) is 35.8 Å². The molecule has 0 N–H and O–H groups in total. The fourth-order valence-corrected chi connectivity index (χ4v) is 4.04. The number of hydrogen-bond acceptors (Lipinski definition) is 6. The molecule has 0 bridgehead atoms. The average molecular weight is 416 g/mol. The van der Waals surface area contributed by atoms with E-state index in [-0.39, 0.29) is 11.5 Å². The topological polar surface area (TPSA) is 66.2 Å². The molecule has 0 radical (unpaired) electrons. The van der Waals surface area contributed by atoms with Gasteiger partial charge in [-0.1, -0.05) is 35.5 Å². The first-order valence-corrected chi connectivity index (χ1v) is 10.3.